The maximum Gasteiger partial charge on any atom is 0.289 e. The number of anilines is 1. The fourth-order valence-electron chi connectivity index (χ4n) is 4.42. The molecule has 4 heterocycles. The summed E-state index contributed by atoms with van der Waals surface area (Å²) in [5.41, 5.74) is 4.03. The zero-order valence-electron chi connectivity index (χ0n) is 18.7. The Bertz CT molecular complexity index is 1280. The number of nitrogens with zero attached hydrogens (tertiary/aromatic N) is 4. The van der Waals surface area contributed by atoms with E-state index < -0.39 is 0 Å². The molecule has 1 amide bonds. The highest BCUT2D eigenvalue weighted by Crippen LogP contribution is 2.34. The molecule has 1 N–H and O–H groups in total. The van der Waals surface area contributed by atoms with Crippen LogP contribution in [0, 0.1) is 20.8 Å². The number of aryl methyl sites for hydroxylation is 2. The van der Waals surface area contributed by atoms with E-state index in [1.165, 1.54) is 0 Å². The van der Waals surface area contributed by atoms with Crippen LogP contribution in [-0.4, -0.2) is 33.5 Å². The number of para-hydroxylation sites is 1. The SMILES string of the molecule is Cc1ccc(CNC(=O)c2nc(N3CCCC3)c3c(C)c(C)n(-c4ccccc4)c3n2)o1. The first-order valence-electron chi connectivity index (χ1n) is 11.1. The number of carbonyl (C=O) groups is 1. The van der Waals surface area contributed by atoms with Gasteiger partial charge in [0.2, 0.25) is 5.82 Å². The van der Waals surface area contributed by atoms with Crippen LogP contribution < -0.4 is 10.2 Å². The van der Waals surface area contributed by atoms with Crippen molar-refractivity contribution < 1.29 is 9.21 Å². The Morgan fingerprint density at radius 1 is 1.03 bits per heavy atom. The van der Waals surface area contributed by atoms with Crippen molar-refractivity contribution in [2.45, 2.75) is 40.2 Å². The average molecular weight is 430 g/mol. The van der Waals surface area contributed by atoms with E-state index in [1.54, 1.807) is 0 Å². The van der Waals surface area contributed by atoms with Gasteiger partial charge in [-0.15, -0.1) is 0 Å². The number of furan rings is 1. The van der Waals surface area contributed by atoms with Crippen LogP contribution in [0.2, 0.25) is 0 Å². The molecule has 0 radical (unpaired) electrons. The summed E-state index contributed by atoms with van der Waals surface area (Å²) in [6.07, 6.45) is 2.25. The van der Waals surface area contributed by atoms with Gasteiger partial charge in [-0.3, -0.25) is 9.36 Å². The zero-order valence-corrected chi connectivity index (χ0v) is 18.7. The first-order chi connectivity index (χ1) is 15.5. The fourth-order valence-corrected chi connectivity index (χ4v) is 4.42. The number of hydrogen-bond acceptors (Lipinski definition) is 5. The van der Waals surface area contributed by atoms with Crippen LogP contribution in [0.1, 0.15) is 46.2 Å². The van der Waals surface area contributed by atoms with Crippen LogP contribution in [0.4, 0.5) is 5.82 Å². The minimum atomic E-state index is -0.308. The van der Waals surface area contributed by atoms with E-state index in [9.17, 15) is 4.79 Å². The summed E-state index contributed by atoms with van der Waals surface area (Å²) in [5, 5.41) is 3.93. The summed E-state index contributed by atoms with van der Waals surface area (Å²) < 4.78 is 7.70. The Morgan fingerprint density at radius 3 is 2.47 bits per heavy atom. The Balaban J connectivity index is 1.62. The average Bonchev–Trinajstić information content (AvgIpc) is 3.53. The van der Waals surface area contributed by atoms with Gasteiger partial charge in [0.05, 0.1) is 11.9 Å². The first-order valence-corrected chi connectivity index (χ1v) is 11.1. The molecule has 1 saturated heterocycles. The number of aromatic nitrogens is 3. The summed E-state index contributed by atoms with van der Waals surface area (Å²) in [6.45, 7) is 8.26. The Morgan fingerprint density at radius 2 is 1.78 bits per heavy atom. The lowest BCUT2D eigenvalue weighted by Gasteiger charge is -2.19. The maximum atomic E-state index is 13.1. The zero-order chi connectivity index (χ0) is 22.2. The molecule has 0 atom stereocenters. The molecule has 1 aliphatic heterocycles. The van der Waals surface area contributed by atoms with Gasteiger partial charge < -0.3 is 14.6 Å². The highest BCUT2D eigenvalue weighted by molar-refractivity contribution is 5.98. The minimum absolute atomic E-state index is 0.178. The van der Waals surface area contributed by atoms with Crippen molar-refractivity contribution in [3.63, 3.8) is 0 Å². The summed E-state index contributed by atoms with van der Waals surface area (Å²) in [5.74, 6) is 2.24. The lowest BCUT2D eigenvalue weighted by Crippen LogP contribution is -2.27. The molecule has 0 aliphatic carbocycles. The second kappa shape index (κ2) is 8.15. The largest absolute Gasteiger partial charge is 0.465 e. The summed E-state index contributed by atoms with van der Waals surface area (Å²) >= 11 is 0. The molecule has 1 fully saturated rings. The van der Waals surface area contributed by atoms with Crippen molar-refractivity contribution in [1.29, 1.82) is 0 Å². The van der Waals surface area contributed by atoms with Gasteiger partial charge in [-0.1, -0.05) is 18.2 Å². The monoisotopic (exact) mass is 429 g/mol. The third-order valence-corrected chi connectivity index (χ3v) is 6.18. The number of amides is 1. The van der Waals surface area contributed by atoms with Gasteiger partial charge >= 0.3 is 0 Å². The van der Waals surface area contributed by atoms with Crippen LogP contribution in [0.15, 0.2) is 46.9 Å². The lowest BCUT2D eigenvalue weighted by molar-refractivity contribution is 0.0938. The van der Waals surface area contributed by atoms with Crippen molar-refractivity contribution >= 4 is 22.8 Å². The summed E-state index contributed by atoms with van der Waals surface area (Å²) in [7, 11) is 0. The van der Waals surface area contributed by atoms with Gasteiger partial charge in [0.1, 0.15) is 17.3 Å². The van der Waals surface area contributed by atoms with Gasteiger partial charge in [-0.2, -0.15) is 0 Å². The quantitative estimate of drug-likeness (QED) is 0.507. The van der Waals surface area contributed by atoms with E-state index in [-0.39, 0.29) is 11.7 Å². The molecule has 0 unspecified atom stereocenters. The smallest absolute Gasteiger partial charge is 0.289 e. The number of fused-ring (bicyclic) bond motifs is 1. The standard InChI is InChI=1S/C25H27N5O2/c1-16-11-12-20(32-16)15-26-25(31)22-27-23(29-13-7-8-14-29)21-17(2)18(3)30(24(21)28-22)19-9-5-4-6-10-19/h4-6,9-12H,7-8,13-15H2,1-3H3,(H,26,31). The van der Waals surface area contributed by atoms with Crippen LogP contribution in [0.5, 0.6) is 0 Å². The molecule has 0 saturated carbocycles. The van der Waals surface area contributed by atoms with Crippen LogP contribution in [0.3, 0.4) is 0 Å². The van der Waals surface area contributed by atoms with Gasteiger partial charge in [0.15, 0.2) is 5.65 Å². The predicted molar refractivity (Wildman–Crippen MR) is 124 cm³/mol. The Labute approximate surface area is 187 Å². The topological polar surface area (TPSA) is 76.2 Å². The summed E-state index contributed by atoms with van der Waals surface area (Å²) in [4.78, 5) is 24.9. The van der Waals surface area contributed by atoms with E-state index in [4.69, 9.17) is 14.4 Å². The molecule has 1 aliphatic rings. The number of nitrogens with one attached hydrogen (secondary N) is 1. The first kappa shape index (κ1) is 20.3. The second-order valence-electron chi connectivity index (χ2n) is 8.34. The normalized spacial score (nSPS) is 13.8. The highest BCUT2D eigenvalue weighted by Gasteiger charge is 2.26. The van der Waals surface area contributed by atoms with Crippen molar-refractivity contribution in [2.24, 2.45) is 0 Å². The van der Waals surface area contributed by atoms with Gasteiger partial charge in [0.25, 0.3) is 5.91 Å². The third-order valence-electron chi connectivity index (χ3n) is 6.18. The van der Waals surface area contributed by atoms with E-state index in [0.717, 1.165) is 65.5 Å². The highest BCUT2D eigenvalue weighted by atomic mass is 16.3. The molecule has 164 valence electrons. The maximum absolute atomic E-state index is 13.1. The van der Waals surface area contributed by atoms with Crippen LogP contribution >= 0.6 is 0 Å². The van der Waals surface area contributed by atoms with E-state index in [0.29, 0.717) is 12.3 Å². The molecule has 4 aromatic rings. The van der Waals surface area contributed by atoms with Crippen molar-refractivity contribution in [2.75, 3.05) is 18.0 Å². The van der Waals surface area contributed by atoms with Crippen molar-refractivity contribution in [1.82, 2.24) is 19.9 Å². The molecule has 7 heteroatoms. The molecule has 3 aromatic heterocycles. The van der Waals surface area contributed by atoms with E-state index in [2.05, 4.69) is 40.8 Å². The fraction of sp³-hybridized carbons (Fsp3) is 0.320. The Kier molecular flexibility index (Phi) is 5.17. The molecule has 0 bridgehead atoms. The molecule has 5 rings (SSSR count). The molecule has 7 nitrogen and oxygen atoms in total. The van der Waals surface area contributed by atoms with E-state index in [1.807, 2.05) is 37.3 Å². The second-order valence-corrected chi connectivity index (χ2v) is 8.34. The van der Waals surface area contributed by atoms with Crippen LogP contribution in [-0.2, 0) is 6.54 Å². The van der Waals surface area contributed by atoms with Gasteiger partial charge in [-0.25, -0.2) is 9.97 Å². The molecule has 1 aromatic carbocycles. The number of rotatable bonds is 5. The summed E-state index contributed by atoms with van der Waals surface area (Å²) in [6, 6.07) is 13.9. The van der Waals surface area contributed by atoms with Gasteiger partial charge in [-0.05, 0) is 63.4 Å². The number of hydrogen-bond donors (Lipinski definition) is 1. The van der Waals surface area contributed by atoms with Crippen molar-refractivity contribution in [3.05, 3.63) is 71.1 Å². The number of carbonyl (C=O) groups excluding carboxylic acids is 1. The lowest BCUT2D eigenvalue weighted by atomic mass is 10.2. The van der Waals surface area contributed by atoms with E-state index >= 15 is 0 Å². The number of benzene rings is 1. The van der Waals surface area contributed by atoms with Crippen molar-refractivity contribution in [3.8, 4) is 5.69 Å². The Hall–Kier alpha value is -3.61. The molecule has 32 heavy (non-hydrogen) atoms. The predicted octanol–water partition coefficient (Wildman–Crippen LogP) is 4.47. The molecule has 0 spiro atoms. The molecular formula is C25H27N5O2. The minimum Gasteiger partial charge on any atom is -0.465 e. The van der Waals surface area contributed by atoms with Gasteiger partial charge in [0, 0.05) is 24.5 Å². The third kappa shape index (κ3) is 3.53. The van der Waals surface area contributed by atoms with Crippen LogP contribution in [0.25, 0.3) is 16.7 Å². The molecular weight excluding hydrogens is 402 g/mol.